The smallest absolute Gasteiger partial charge is 0.123 e. The van der Waals surface area contributed by atoms with Crippen LogP contribution in [0.2, 0.25) is 0 Å². The molecule has 4 heteroatoms. The summed E-state index contributed by atoms with van der Waals surface area (Å²) in [5.41, 5.74) is 1.05. The number of hydrogen-bond acceptors (Lipinski definition) is 3. The van der Waals surface area contributed by atoms with Gasteiger partial charge in [-0.3, -0.25) is 0 Å². The van der Waals surface area contributed by atoms with Crippen molar-refractivity contribution in [2.45, 2.75) is 31.2 Å². The molecule has 96 valence electrons. The largest absolute Gasteiger partial charge is 0.395 e. The van der Waals surface area contributed by atoms with Gasteiger partial charge in [-0.25, -0.2) is 4.39 Å². The van der Waals surface area contributed by atoms with E-state index in [1.165, 1.54) is 12.1 Å². The molecule has 1 aromatic carbocycles. The zero-order valence-corrected chi connectivity index (χ0v) is 11.3. The van der Waals surface area contributed by atoms with Crippen LogP contribution in [0.1, 0.15) is 25.5 Å². The highest BCUT2D eigenvalue weighted by atomic mass is 32.2. The number of thioether (sulfide) groups is 1. The van der Waals surface area contributed by atoms with Crippen molar-refractivity contribution in [3.63, 3.8) is 0 Å². The molecule has 3 atom stereocenters. The highest BCUT2D eigenvalue weighted by Crippen LogP contribution is 2.17. The van der Waals surface area contributed by atoms with Gasteiger partial charge in [0.25, 0.3) is 0 Å². The molecule has 0 aliphatic heterocycles. The SMILES string of the molecule is CSC(CO)C(C)NC(C)c1ccc(F)cc1. The van der Waals surface area contributed by atoms with Gasteiger partial charge < -0.3 is 10.4 Å². The van der Waals surface area contributed by atoms with Crippen molar-refractivity contribution in [2.24, 2.45) is 0 Å². The van der Waals surface area contributed by atoms with E-state index in [0.29, 0.717) is 0 Å². The standard InChI is InChI=1S/C13H20FNOS/c1-9(11-4-6-12(14)7-5-11)15-10(2)13(8-16)17-3/h4-7,9-10,13,15-16H,8H2,1-3H3. The fourth-order valence-corrected chi connectivity index (χ4v) is 2.42. The van der Waals surface area contributed by atoms with E-state index < -0.39 is 0 Å². The third-order valence-electron chi connectivity index (χ3n) is 2.92. The van der Waals surface area contributed by atoms with Crippen LogP contribution < -0.4 is 5.32 Å². The number of benzene rings is 1. The molecule has 0 aliphatic carbocycles. The molecular weight excluding hydrogens is 237 g/mol. The Bertz CT molecular complexity index is 327. The Kier molecular flexibility index (Phi) is 5.95. The molecule has 0 saturated carbocycles. The molecule has 3 unspecified atom stereocenters. The first-order valence-electron chi connectivity index (χ1n) is 5.73. The summed E-state index contributed by atoms with van der Waals surface area (Å²) in [6.45, 7) is 4.25. The Morgan fingerprint density at radius 2 is 1.88 bits per heavy atom. The number of rotatable bonds is 6. The predicted molar refractivity (Wildman–Crippen MR) is 71.8 cm³/mol. The van der Waals surface area contributed by atoms with E-state index in [2.05, 4.69) is 12.2 Å². The van der Waals surface area contributed by atoms with Gasteiger partial charge in [-0.15, -0.1) is 0 Å². The van der Waals surface area contributed by atoms with Crippen molar-refractivity contribution in [1.82, 2.24) is 5.32 Å². The van der Waals surface area contributed by atoms with Crippen molar-refractivity contribution in [2.75, 3.05) is 12.9 Å². The second-order valence-electron chi connectivity index (χ2n) is 4.19. The first-order chi connectivity index (χ1) is 8.08. The van der Waals surface area contributed by atoms with Crippen molar-refractivity contribution >= 4 is 11.8 Å². The van der Waals surface area contributed by atoms with Gasteiger partial charge in [-0.1, -0.05) is 12.1 Å². The molecule has 1 aromatic rings. The highest BCUT2D eigenvalue weighted by Gasteiger charge is 2.17. The topological polar surface area (TPSA) is 32.3 Å². The first-order valence-corrected chi connectivity index (χ1v) is 7.02. The molecule has 0 saturated heterocycles. The van der Waals surface area contributed by atoms with E-state index in [-0.39, 0.29) is 29.8 Å². The molecule has 0 aromatic heterocycles. The molecule has 1 rings (SSSR count). The van der Waals surface area contributed by atoms with E-state index in [1.807, 2.05) is 13.2 Å². The summed E-state index contributed by atoms with van der Waals surface area (Å²) >= 11 is 1.65. The maximum Gasteiger partial charge on any atom is 0.123 e. The summed E-state index contributed by atoms with van der Waals surface area (Å²) in [6.07, 6.45) is 1.99. The van der Waals surface area contributed by atoms with Gasteiger partial charge in [0.15, 0.2) is 0 Å². The third kappa shape index (κ3) is 4.30. The fraction of sp³-hybridized carbons (Fsp3) is 0.538. The van der Waals surface area contributed by atoms with Crippen LogP contribution in [0.15, 0.2) is 24.3 Å². The van der Waals surface area contributed by atoms with E-state index in [4.69, 9.17) is 0 Å². The Hall–Kier alpha value is -0.580. The molecule has 2 N–H and O–H groups in total. The summed E-state index contributed by atoms with van der Waals surface area (Å²) in [5, 5.41) is 12.8. The number of halogens is 1. The van der Waals surface area contributed by atoms with Gasteiger partial charge in [0, 0.05) is 17.3 Å². The molecular formula is C13H20FNOS. The lowest BCUT2D eigenvalue weighted by Gasteiger charge is -2.25. The van der Waals surface area contributed by atoms with Crippen LogP contribution in [0.3, 0.4) is 0 Å². The highest BCUT2D eigenvalue weighted by molar-refractivity contribution is 7.99. The van der Waals surface area contributed by atoms with E-state index in [9.17, 15) is 9.50 Å². The fourth-order valence-electron chi connectivity index (χ4n) is 1.79. The molecule has 0 bridgehead atoms. The zero-order chi connectivity index (χ0) is 12.8. The molecule has 0 radical (unpaired) electrons. The van der Waals surface area contributed by atoms with Crippen LogP contribution >= 0.6 is 11.8 Å². The number of hydrogen-bond donors (Lipinski definition) is 2. The predicted octanol–water partition coefficient (Wildman–Crippen LogP) is 2.59. The number of nitrogens with one attached hydrogen (secondary N) is 1. The molecule has 0 amide bonds. The van der Waals surface area contributed by atoms with Crippen LogP contribution in [0.5, 0.6) is 0 Å². The Morgan fingerprint density at radius 3 is 2.35 bits per heavy atom. The van der Waals surface area contributed by atoms with Gasteiger partial charge in [0.1, 0.15) is 5.82 Å². The van der Waals surface area contributed by atoms with Gasteiger partial charge in [0.2, 0.25) is 0 Å². The van der Waals surface area contributed by atoms with E-state index >= 15 is 0 Å². The maximum absolute atomic E-state index is 12.8. The van der Waals surface area contributed by atoms with Crippen molar-refractivity contribution in [1.29, 1.82) is 0 Å². The lowest BCUT2D eigenvalue weighted by molar-refractivity contribution is 0.272. The lowest BCUT2D eigenvalue weighted by Crippen LogP contribution is -2.38. The summed E-state index contributed by atoms with van der Waals surface area (Å²) in [4.78, 5) is 0. The Labute approximate surface area is 107 Å². The first kappa shape index (κ1) is 14.5. The maximum atomic E-state index is 12.8. The lowest BCUT2D eigenvalue weighted by atomic mass is 10.1. The second kappa shape index (κ2) is 6.99. The van der Waals surface area contributed by atoms with Crippen LogP contribution in [-0.2, 0) is 0 Å². The van der Waals surface area contributed by atoms with Crippen LogP contribution in [0.4, 0.5) is 4.39 Å². The number of aliphatic hydroxyl groups excluding tert-OH is 1. The zero-order valence-electron chi connectivity index (χ0n) is 10.5. The van der Waals surface area contributed by atoms with Gasteiger partial charge in [-0.05, 0) is 37.8 Å². The summed E-state index contributed by atoms with van der Waals surface area (Å²) in [5.74, 6) is -0.216. The molecule has 2 nitrogen and oxygen atoms in total. The monoisotopic (exact) mass is 257 g/mol. The second-order valence-corrected chi connectivity index (χ2v) is 5.26. The van der Waals surface area contributed by atoms with Crippen molar-refractivity contribution in [3.8, 4) is 0 Å². The molecule has 17 heavy (non-hydrogen) atoms. The normalized spacial score (nSPS) is 16.5. The van der Waals surface area contributed by atoms with Gasteiger partial charge >= 0.3 is 0 Å². The summed E-state index contributed by atoms with van der Waals surface area (Å²) in [6, 6.07) is 6.85. The Balaban J connectivity index is 2.59. The van der Waals surface area contributed by atoms with Gasteiger partial charge in [0.05, 0.1) is 6.61 Å². The summed E-state index contributed by atoms with van der Waals surface area (Å²) in [7, 11) is 0. The third-order valence-corrected chi connectivity index (χ3v) is 4.09. The van der Waals surface area contributed by atoms with E-state index in [1.54, 1.807) is 23.9 Å². The average molecular weight is 257 g/mol. The van der Waals surface area contributed by atoms with Gasteiger partial charge in [-0.2, -0.15) is 11.8 Å². The van der Waals surface area contributed by atoms with Crippen molar-refractivity contribution in [3.05, 3.63) is 35.6 Å². The minimum Gasteiger partial charge on any atom is -0.395 e. The quantitative estimate of drug-likeness (QED) is 0.821. The number of aliphatic hydroxyl groups is 1. The molecule has 0 aliphatic rings. The van der Waals surface area contributed by atoms with Crippen LogP contribution in [0.25, 0.3) is 0 Å². The summed E-state index contributed by atoms with van der Waals surface area (Å²) < 4.78 is 12.8. The van der Waals surface area contributed by atoms with E-state index in [0.717, 1.165) is 5.56 Å². The molecule has 0 spiro atoms. The average Bonchev–Trinajstić information content (AvgIpc) is 2.31. The van der Waals surface area contributed by atoms with Crippen LogP contribution in [-0.4, -0.2) is 29.3 Å². The minimum absolute atomic E-state index is 0.145. The van der Waals surface area contributed by atoms with Crippen LogP contribution in [0, 0.1) is 5.82 Å². The molecule has 0 heterocycles. The Morgan fingerprint density at radius 1 is 1.29 bits per heavy atom. The minimum atomic E-state index is -0.216. The van der Waals surface area contributed by atoms with Crippen molar-refractivity contribution < 1.29 is 9.50 Å². The molecule has 0 fully saturated rings.